The van der Waals surface area contributed by atoms with E-state index >= 15 is 0 Å². The summed E-state index contributed by atoms with van der Waals surface area (Å²) in [5.74, 6) is 0. The zero-order valence-electron chi connectivity index (χ0n) is 8.41. The van der Waals surface area contributed by atoms with Crippen LogP contribution in [0.4, 0.5) is 0 Å². The van der Waals surface area contributed by atoms with Crippen LogP contribution in [0.5, 0.6) is 6.01 Å². The highest BCUT2D eigenvalue weighted by Gasteiger charge is 2.11. The molecule has 1 aromatic rings. The topological polar surface area (TPSA) is 27.1 Å². The van der Waals surface area contributed by atoms with E-state index in [0.29, 0.717) is 12.1 Å². The lowest BCUT2D eigenvalue weighted by Crippen LogP contribution is -2.11. The average Bonchev–Trinajstić information content (AvgIpc) is 2.29. The summed E-state index contributed by atoms with van der Waals surface area (Å²) in [5, 5.41) is 0. The molecule has 0 unspecified atom stereocenters. The molecule has 3 nitrogen and oxygen atoms in total. The lowest BCUT2D eigenvalue weighted by atomic mass is 10.4. The molecule has 0 spiro atoms. The van der Waals surface area contributed by atoms with Crippen LogP contribution in [0.1, 0.15) is 33.7 Å². The Morgan fingerprint density at radius 1 is 1.38 bits per heavy atom. The van der Waals surface area contributed by atoms with Crippen LogP contribution >= 0.6 is 15.9 Å². The minimum atomic E-state index is 0.159. The van der Waals surface area contributed by atoms with Crippen LogP contribution in [-0.2, 0) is 0 Å². The van der Waals surface area contributed by atoms with E-state index in [9.17, 15) is 0 Å². The number of aromatic nitrogens is 2. The van der Waals surface area contributed by atoms with Gasteiger partial charge in [0.1, 0.15) is 4.60 Å². The molecule has 0 saturated carbocycles. The summed E-state index contributed by atoms with van der Waals surface area (Å²) in [6.45, 7) is 8.18. The zero-order chi connectivity index (χ0) is 10.0. The first kappa shape index (κ1) is 10.6. The summed E-state index contributed by atoms with van der Waals surface area (Å²) in [5.41, 5.74) is 0. The van der Waals surface area contributed by atoms with Crippen molar-refractivity contribution in [3.05, 3.63) is 10.8 Å². The van der Waals surface area contributed by atoms with Crippen LogP contribution in [-0.4, -0.2) is 15.7 Å². The number of hydrogen-bond acceptors (Lipinski definition) is 2. The lowest BCUT2D eigenvalue weighted by molar-refractivity contribution is 0.208. The van der Waals surface area contributed by atoms with Gasteiger partial charge in [0, 0.05) is 12.2 Å². The van der Waals surface area contributed by atoms with Crippen molar-refractivity contribution in [2.24, 2.45) is 0 Å². The number of ether oxygens (including phenoxy) is 1. The van der Waals surface area contributed by atoms with Crippen LogP contribution in [0.2, 0.25) is 0 Å². The van der Waals surface area contributed by atoms with Crippen LogP contribution < -0.4 is 4.74 Å². The highest BCUT2D eigenvalue weighted by molar-refractivity contribution is 9.10. The van der Waals surface area contributed by atoms with Gasteiger partial charge < -0.3 is 4.74 Å². The first-order chi connectivity index (χ1) is 6.00. The van der Waals surface area contributed by atoms with Crippen molar-refractivity contribution in [1.29, 1.82) is 0 Å². The zero-order valence-corrected chi connectivity index (χ0v) is 10.00. The van der Waals surface area contributed by atoms with Gasteiger partial charge in [-0.3, -0.25) is 4.57 Å². The third-order valence-corrected chi connectivity index (χ3v) is 1.95. The van der Waals surface area contributed by atoms with Gasteiger partial charge in [-0.15, -0.1) is 0 Å². The van der Waals surface area contributed by atoms with E-state index in [0.717, 1.165) is 4.60 Å². The summed E-state index contributed by atoms with van der Waals surface area (Å²) in [6.07, 6.45) is 2.09. The fourth-order valence-corrected chi connectivity index (χ4v) is 1.39. The van der Waals surface area contributed by atoms with E-state index in [1.165, 1.54) is 0 Å². The molecule has 0 radical (unpaired) electrons. The Morgan fingerprint density at radius 2 is 2.00 bits per heavy atom. The first-order valence-electron chi connectivity index (χ1n) is 4.41. The molecule has 0 atom stereocenters. The Kier molecular flexibility index (Phi) is 3.36. The SMILES string of the molecule is CC(C)Oc1nc(Br)cn1C(C)C. The second-order valence-electron chi connectivity index (χ2n) is 3.51. The maximum atomic E-state index is 5.55. The van der Waals surface area contributed by atoms with Gasteiger partial charge >= 0.3 is 0 Å². The summed E-state index contributed by atoms with van der Waals surface area (Å²) in [4.78, 5) is 4.23. The van der Waals surface area contributed by atoms with Crippen molar-refractivity contribution >= 4 is 15.9 Å². The maximum Gasteiger partial charge on any atom is 0.297 e. The van der Waals surface area contributed by atoms with E-state index in [-0.39, 0.29) is 6.10 Å². The number of imidazole rings is 1. The molecule has 0 aliphatic carbocycles. The molecule has 0 aliphatic rings. The Hall–Kier alpha value is -0.510. The van der Waals surface area contributed by atoms with E-state index in [2.05, 4.69) is 34.8 Å². The number of halogens is 1. The van der Waals surface area contributed by atoms with Crippen molar-refractivity contribution in [2.75, 3.05) is 0 Å². The maximum absolute atomic E-state index is 5.55. The summed E-state index contributed by atoms with van der Waals surface area (Å²) in [7, 11) is 0. The van der Waals surface area contributed by atoms with Crippen molar-refractivity contribution in [1.82, 2.24) is 9.55 Å². The molecule has 13 heavy (non-hydrogen) atoms. The largest absolute Gasteiger partial charge is 0.462 e. The van der Waals surface area contributed by atoms with Crippen molar-refractivity contribution in [3.8, 4) is 6.01 Å². The predicted octanol–water partition coefficient (Wildman–Crippen LogP) is 3.01. The van der Waals surface area contributed by atoms with Crippen LogP contribution in [0.15, 0.2) is 10.8 Å². The summed E-state index contributed by atoms with van der Waals surface area (Å²) >= 11 is 3.33. The quantitative estimate of drug-likeness (QED) is 0.820. The van der Waals surface area contributed by atoms with Gasteiger partial charge in [0.2, 0.25) is 0 Å². The fraction of sp³-hybridized carbons (Fsp3) is 0.667. The van der Waals surface area contributed by atoms with Crippen LogP contribution in [0, 0.1) is 0 Å². The smallest absolute Gasteiger partial charge is 0.297 e. The van der Waals surface area contributed by atoms with Crippen LogP contribution in [0.3, 0.4) is 0 Å². The Labute approximate surface area is 87.2 Å². The fourth-order valence-electron chi connectivity index (χ4n) is 1.02. The monoisotopic (exact) mass is 246 g/mol. The van der Waals surface area contributed by atoms with Gasteiger partial charge in [0.25, 0.3) is 6.01 Å². The normalized spacial score (nSPS) is 11.3. The van der Waals surface area contributed by atoms with Gasteiger partial charge in [-0.1, -0.05) is 0 Å². The van der Waals surface area contributed by atoms with Crippen LogP contribution in [0.25, 0.3) is 0 Å². The molecular formula is C9H15BrN2O. The van der Waals surface area contributed by atoms with Gasteiger partial charge in [-0.05, 0) is 43.6 Å². The minimum Gasteiger partial charge on any atom is -0.462 e. The number of nitrogens with zero attached hydrogens (tertiary/aromatic N) is 2. The van der Waals surface area contributed by atoms with E-state index in [1.807, 2.05) is 24.6 Å². The number of rotatable bonds is 3. The molecule has 0 fully saturated rings. The van der Waals surface area contributed by atoms with Gasteiger partial charge in [-0.25, -0.2) is 0 Å². The first-order valence-corrected chi connectivity index (χ1v) is 5.21. The molecule has 1 heterocycles. The molecule has 0 aromatic carbocycles. The molecule has 1 aromatic heterocycles. The third kappa shape index (κ3) is 2.72. The standard InChI is InChI=1S/C9H15BrN2O/c1-6(2)12-5-8(10)11-9(12)13-7(3)4/h5-7H,1-4H3. The van der Waals surface area contributed by atoms with Crippen molar-refractivity contribution in [2.45, 2.75) is 39.8 Å². The molecule has 0 aliphatic heterocycles. The highest BCUT2D eigenvalue weighted by Crippen LogP contribution is 2.21. The Bertz CT molecular complexity index is 281. The Balaban J connectivity index is 2.91. The third-order valence-electron chi connectivity index (χ3n) is 1.57. The summed E-state index contributed by atoms with van der Waals surface area (Å²) < 4.78 is 8.37. The second kappa shape index (κ2) is 4.13. The minimum absolute atomic E-state index is 0.159. The van der Waals surface area contributed by atoms with E-state index in [1.54, 1.807) is 0 Å². The molecule has 0 amide bonds. The predicted molar refractivity (Wildman–Crippen MR) is 56.1 cm³/mol. The van der Waals surface area contributed by atoms with Crippen molar-refractivity contribution < 1.29 is 4.74 Å². The highest BCUT2D eigenvalue weighted by atomic mass is 79.9. The molecule has 0 bridgehead atoms. The molecule has 0 N–H and O–H groups in total. The molecule has 0 saturated heterocycles. The number of hydrogen-bond donors (Lipinski definition) is 0. The van der Waals surface area contributed by atoms with Gasteiger partial charge in [0.05, 0.1) is 6.10 Å². The van der Waals surface area contributed by atoms with Crippen molar-refractivity contribution in [3.63, 3.8) is 0 Å². The molecule has 4 heteroatoms. The Morgan fingerprint density at radius 3 is 2.46 bits per heavy atom. The van der Waals surface area contributed by atoms with Gasteiger partial charge in [-0.2, -0.15) is 4.98 Å². The van der Waals surface area contributed by atoms with E-state index in [4.69, 9.17) is 4.74 Å². The molecular weight excluding hydrogens is 232 g/mol. The average molecular weight is 247 g/mol. The molecule has 1 rings (SSSR count). The van der Waals surface area contributed by atoms with E-state index < -0.39 is 0 Å². The van der Waals surface area contributed by atoms with Gasteiger partial charge in [0.15, 0.2) is 0 Å². The lowest BCUT2D eigenvalue weighted by Gasteiger charge is -2.13. The summed E-state index contributed by atoms with van der Waals surface area (Å²) in [6, 6.07) is 1.05. The molecule has 74 valence electrons. The second-order valence-corrected chi connectivity index (χ2v) is 4.33.